The summed E-state index contributed by atoms with van der Waals surface area (Å²) in [5.74, 6) is 0.706. The van der Waals surface area contributed by atoms with Gasteiger partial charge in [0.05, 0.1) is 16.8 Å². The molecular weight excluding hydrogens is 665 g/mol. The third-order valence-electron chi connectivity index (χ3n) is 11.0. The van der Waals surface area contributed by atoms with Crippen LogP contribution >= 0.6 is 0 Å². The molecule has 1 aliphatic rings. The van der Waals surface area contributed by atoms with E-state index in [0.29, 0.717) is 5.82 Å². The van der Waals surface area contributed by atoms with Gasteiger partial charge in [-0.1, -0.05) is 200 Å². The molecule has 0 radical (unpaired) electrons. The van der Waals surface area contributed by atoms with Crippen molar-refractivity contribution in [2.75, 3.05) is 0 Å². The third-order valence-corrected chi connectivity index (χ3v) is 11.0. The first-order valence-corrected chi connectivity index (χ1v) is 18.8. The summed E-state index contributed by atoms with van der Waals surface area (Å²) in [6.45, 7) is 0. The predicted molar refractivity (Wildman–Crippen MR) is 227 cm³/mol. The smallest absolute Gasteiger partial charge is 0.160 e. The molecule has 0 saturated carbocycles. The van der Waals surface area contributed by atoms with E-state index in [2.05, 4.69) is 194 Å². The molecule has 0 atom stereocenters. The second kappa shape index (κ2) is 13.7. The molecule has 0 amide bonds. The molecule has 258 valence electrons. The molecular formula is C53H36N2. The Hall–Kier alpha value is -7.16. The molecule has 0 bridgehead atoms. The lowest BCUT2D eigenvalue weighted by Gasteiger charge is -2.33. The van der Waals surface area contributed by atoms with Gasteiger partial charge < -0.3 is 0 Å². The van der Waals surface area contributed by atoms with Crippen LogP contribution in [0.3, 0.4) is 0 Å². The maximum atomic E-state index is 5.16. The zero-order valence-electron chi connectivity index (χ0n) is 30.2. The fourth-order valence-electron chi connectivity index (χ4n) is 8.41. The second-order valence-electron chi connectivity index (χ2n) is 14.1. The summed E-state index contributed by atoms with van der Waals surface area (Å²) in [5, 5.41) is 0. The summed E-state index contributed by atoms with van der Waals surface area (Å²) in [6.07, 6.45) is 0. The average molecular weight is 701 g/mol. The van der Waals surface area contributed by atoms with E-state index < -0.39 is 5.41 Å². The Morgan fingerprint density at radius 1 is 0.273 bits per heavy atom. The Kier molecular flexibility index (Phi) is 8.08. The summed E-state index contributed by atoms with van der Waals surface area (Å²) in [7, 11) is 0. The van der Waals surface area contributed by atoms with Crippen LogP contribution in [-0.4, -0.2) is 9.97 Å². The molecule has 55 heavy (non-hydrogen) atoms. The molecule has 0 saturated heterocycles. The molecule has 0 unspecified atom stereocenters. The predicted octanol–water partition coefficient (Wildman–Crippen LogP) is 13.2. The van der Waals surface area contributed by atoms with E-state index in [-0.39, 0.29) is 0 Å². The van der Waals surface area contributed by atoms with Crippen molar-refractivity contribution in [1.29, 1.82) is 0 Å². The Morgan fingerprint density at radius 2 is 0.727 bits per heavy atom. The molecule has 8 aromatic carbocycles. The minimum Gasteiger partial charge on any atom is -0.228 e. The van der Waals surface area contributed by atoms with Gasteiger partial charge in [-0.05, 0) is 73.8 Å². The van der Waals surface area contributed by atoms with Gasteiger partial charge in [0, 0.05) is 16.7 Å². The van der Waals surface area contributed by atoms with Gasteiger partial charge in [-0.15, -0.1) is 0 Å². The first-order chi connectivity index (χ1) is 27.3. The van der Waals surface area contributed by atoms with Crippen molar-refractivity contribution < 1.29 is 0 Å². The summed E-state index contributed by atoms with van der Waals surface area (Å²) < 4.78 is 0. The zero-order valence-corrected chi connectivity index (χ0v) is 30.2. The lowest BCUT2D eigenvalue weighted by molar-refractivity contribution is 0.768. The van der Waals surface area contributed by atoms with E-state index in [4.69, 9.17) is 9.97 Å². The summed E-state index contributed by atoms with van der Waals surface area (Å²) >= 11 is 0. The van der Waals surface area contributed by atoms with Gasteiger partial charge in [0.25, 0.3) is 0 Å². The van der Waals surface area contributed by atoms with Crippen LogP contribution in [0, 0.1) is 0 Å². The van der Waals surface area contributed by atoms with Gasteiger partial charge in [0.2, 0.25) is 0 Å². The van der Waals surface area contributed by atoms with Crippen LogP contribution in [0.25, 0.3) is 67.3 Å². The van der Waals surface area contributed by atoms with Gasteiger partial charge in [-0.3, -0.25) is 0 Å². The highest BCUT2D eigenvalue weighted by molar-refractivity contribution is 5.89. The largest absolute Gasteiger partial charge is 0.228 e. The first kappa shape index (κ1) is 32.5. The van der Waals surface area contributed by atoms with Crippen molar-refractivity contribution in [2.24, 2.45) is 0 Å². The molecule has 1 aliphatic carbocycles. The Morgan fingerprint density at radius 3 is 1.40 bits per heavy atom. The number of hydrogen-bond acceptors (Lipinski definition) is 2. The normalized spacial score (nSPS) is 12.5. The third kappa shape index (κ3) is 5.67. The molecule has 2 heteroatoms. The van der Waals surface area contributed by atoms with Crippen molar-refractivity contribution >= 4 is 0 Å². The van der Waals surface area contributed by atoms with E-state index in [1.54, 1.807) is 0 Å². The molecule has 1 aromatic heterocycles. The number of fused-ring (bicyclic) bond motifs is 3. The van der Waals surface area contributed by atoms with Crippen molar-refractivity contribution in [3.63, 3.8) is 0 Å². The fraction of sp³-hybridized carbons (Fsp3) is 0.0189. The SMILES string of the molecule is c1ccc(-c2ccc(-c3cc(-c4cccc(-c5ccc6c(c5)-c5ccccc5C6(c5ccccc5)c5ccccc5)c4)nc(-c4ccccc4)n3)cc2)cc1. The van der Waals surface area contributed by atoms with Crippen LogP contribution in [0.1, 0.15) is 22.3 Å². The van der Waals surface area contributed by atoms with Crippen LogP contribution in [0.15, 0.2) is 218 Å². The Bertz CT molecular complexity index is 2740. The fourth-order valence-corrected chi connectivity index (χ4v) is 8.41. The Labute approximate surface area is 322 Å². The molecule has 2 nitrogen and oxygen atoms in total. The van der Waals surface area contributed by atoms with Gasteiger partial charge >= 0.3 is 0 Å². The summed E-state index contributed by atoms with van der Waals surface area (Å²) in [4.78, 5) is 10.3. The highest BCUT2D eigenvalue weighted by atomic mass is 14.9. The van der Waals surface area contributed by atoms with Crippen LogP contribution in [0.2, 0.25) is 0 Å². The van der Waals surface area contributed by atoms with Crippen molar-refractivity contribution in [1.82, 2.24) is 9.97 Å². The first-order valence-electron chi connectivity index (χ1n) is 18.8. The molecule has 10 rings (SSSR count). The molecule has 0 aliphatic heterocycles. The Balaban J connectivity index is 1.09. The van der Waals surface area contributed by atoms with Gasteiger partial charge in [0.1, 0.15) is 0 Å². The lowest BCUT2D eigenvalue weighted by Crippen LogP contribution is -2.28. The summed E-state index contributed by atoms with van der Waals surface area (Å²) in [6, 6.07) is 78.1. The van der Waals surface area contributed by atoms with Crippen LogP contribution in [0.4, 0.5) is 0 Å². The quantitative estimate of drug-likeness (QED) is 0.165. The number of hydrogen-bond donors (Lipinski definition) is 0. The van der Waals surface area contributed by atoms with Crippen LogP contribution < -0.4 is 0 Å². The van der Waals surface area contributed by atoms with E-state index >= 15 is 0 Å². The summed E-state index contributed by atoms with van der Waals surface area (Å²) in [5.41, 5.74) is 16.8. The van der Waals surface area contributed by atoms with Gasteiger partial charge in [-0.2, -0.15) is 0 Å². The molecule has 0 fully saturated rings. The topological polar surface area (TPSA) is 25.8 Å². The lowest BCUT2D eigenvalue weighted by atomic mass is 9.67. The average Bonchev–Trinajstić information content (AvgIpc) is 3.58. The van der Waals surface area contributed by atoms with Crippen molar-refractivity contribution in [3.8, 4) is 67.3 Å². The molecule has 1 heterocycles. The van der Waals surface area contributed by atoms with Gasteiger partial charge in [-0.25, -0.2) is 9.97 Å². The number of benzene rings is 8. The standard InChI is InChI=1S/C53H36N2/c1-5-16-37(17-6-1)38-28-30-39(31-29-38)50-36-51(55-52(54-50)40-18-7-2-8-19-40)43-21-15-20-41(34-43)42-32-33-49-47(35-42)46-26-13-14-27-48(46)53(49,44-22-9-3-10-23-44)45-24-11-4-12-25-45/h1-36H. The van der Waals surface area contributed by atoms with Crippen LogP contribution in [0.5, 0.6) is 0 Å². The molecule has 0 spiro atoms. The number of aromatic nitrogens is 2. The van der Waals surface area contributed by atoms with E-state index in [9.17, 15) is 0 Å². The van der Waals surface area contributed by atoms with E-state index in [1.165, 1.54) is 50.1 Å². The highest BCUT2D eigenvalue weighted by Gasteiger charge is 2.45. The van der Waals surface area contributed by atoms with Crippen molar-refractivity contribution in [3.05, 3.63) is 241 Å². The van der Waals surface area contributed by atoms with Crippen LogP contribution in [-0.2, 0) is 5.41 Å². The molecule has 9 aromatic rings. The zero-order chi connectivity index (χ0) is 36.6. The number of nitrogens with zero attached hydrogens (tertiary/aromatic N) is 2. The van der Waals surface area contributed by atoms with Crippen molar-refractivity contribution in [2.45, 2.75) is 5.41 Å². The van der Waals surface area contributed by atoms with Gasteiger partial charge in [0.15, 0.2) is 5.82 Å². The minimum absolute atomic E-state index is 0.417. The maximum absolute atomic E-state index is 5.16. The van der Waals surface area contributed by atoms with E-state index in [0.717, 1.165) is 33.6 Å². The van der Waals surface area contributed by atoms with E-state index in [1.807, 2.05) is 24.3 Å². The highest BCUT2D eigenvalue weighted by Crippen LogP contribution is 2.56. The minimum atomic E-state index is -0.417. The second-order valence-corrected chi connectivity index (χ2v) is 14.1. The monoisotopic (exact) mass is 700 g/mol. The molecule has 0 N–H and O–H groups in total. The maximum Gasteiger partial charge on any atom is 0.160 e. The number of rotatable bonds is 7.